The Morgan fingerprint density at radius 2 is 0.833 bits per heavy atom. The van der Waals surface area contributed by atoms with Crippen molar-refractivity contribution in [1.82, 2.24) is 9.97 Å². The second-order valence-electron chi connectivity index (χ2n) is 27.8. The van der Waals surface area contributed by atoms with Gasteiger partial charge in [0.2, 0.25) is 34.2 Å². The zero-order valence-electron chi connectivity index (χ0n) is 70.4. The second-order valence-corrected chi connectivity index (χ2v) is 27.8. The van der Waals surface area contributed by atoms with Crippen LogP contribution in [-0.4, -0.2) is 9.97 Å². The maximum Gasteiger partial charge on any atom is 0.227 e. The van der Waals surface area contributed by atoms with Crippen molar-refractivity contribution < 1.29 is 39.4 Å². The van der Waals surface area contributed by atoms with E-state index in [2.05, 4.69) is 204 Å². The van der Waals surface area contributed by atoms with Crippen molar-refractivity contribution in [1.29, 1.82) is 0 Å². The van der Waals surface area contributed by atoms with Crippen molar-refractivity contribution in [3.05, 3.63) is 297 Å². The van der Waals surface area contributed by atoms with E-state index in [0.29, 0.717) is 72.6 Å². The van der Waals surface area contributed by atoms with Gasteiger partial charge in [-0.3, -0.25) is 0 Å². The molecule has 508 valence electrons. The zero-order chi connectivity index (χ0) is 79.6. The smallest absolute Gasteiger partial charge is 0.227 e. The summed E-state index contributed by atoms with van der Waals surface area (Å²) in [5, 5.41) is 7.71. The highest BCUT2D eigenvalue weighted by atomic mass is 16.3. The molecule has 0 radical (unpaired) electrons. The molecule has 16 rings (SSSR count). The van der Waals surface area contributed by atoms with Gasteiger partial charge in [0.15, 0.2) is 36.0 Å². The van der Waals surface area contributed by atoms with Crippen molar-refractivity contribution in [3.8, 4) is 67.3 Å². The van der Waals surface area contributed by atoms with Gasteiger partial charge < -0.3 is 8.83 Å². The summed E-state index contributed by atoms with van der Waals surface area (Å²) in [5.74, 6) is 0.555. The Morgan fingerprint density at radius 3 is 1.36 bits per heavy atom. The van der Waals surface area contributed by atoms with Crippen LogP contribution in [0.2, 0.25) is 0 Å². The molecule has 8 nitrogen and oxygen atoms in total. The number of hydrogen-bond acceptors (Lipinski definition) is 4. The molecule has 102 heavy (non-hydrogen) atoms. The number of furan rings is 2. The predicted octanol–water partition coefficient (Wildman–Crippen LogP) is 22.1. The van der Waals surface area contributed by atoms with Gasteiger partial charge in [-0.15, -0.1) is 0 Å². The number of pyridine rings is 6. The molecule has 0 bridgehead atoms. The van der Waals surface area contributed by atoms with Gasteiger partial charge in [0.1, 0.15) is 28.2 Å². The lowest BCUT2D eigenvalue weighted by atomic mass is 9.93. The van der Waals surface area contributed by atoms with Gasteiger partial charge in [-0.05, 0) is 227 Å². The molecule has 8 heteroatoms. The van der Waals surface area contributed by atoms with Gasteiger partial charge in [-0.2, -0.15) is 0 Å². The Balaban J connectivity index is 0.000000133. The van der Waals surface area contributed by atoms with Crippen molar-refractivity contribution in [3.63, 3.8) is 0 Å². The van der Waals surface area contributed by atoms with E-state index < -0.39 is 20.6 Å². The third kappa shape index (κ3) is 13.4. The molecule has 8 heterocycles. The van der Waals surface area contributed by atoms with Crippen molar-refractivity contribution in [2.45, 2.75) is 110 Å². The minimum absolute atomic E-state index is 0.202. The average Bonchev–Trinajstić information content (AvgIpc) is 1.60. The highest BCUT2D eigenvalue weighted by molar-refractivity contribution is 6.12. The maximum absolute atomic E-state index is 8.17. The number of nitrogens with zero attached hydrogens (tertiary/aromatic N) is 6. The molecule has 0 aliphatic carbocycles. The van der Waals surface area contributed by atoms with Gasteiger partial charge in [-0.1, -0.05) is 140 Å². The summed E-state index contributed by atoms with van der Waals surface area (Å²) in [7, 11) is 8.03. The standard InChI is InChI=1S/C27H25N2O.C26H23N2O.C22H26N.C19H20N/c1-16-13-17(2)25(26-24(16)21-12-11-19(4)28-27(21)30-26)23-14-22(18(3)15-29(23)5)20-9-7-6-8-10-20;1-16-14-17(2)24(25-23(16)21-11-10-18(3)27-26(21)29-25)22-15-20(12-13-28(22)4)19-8-6-5-7-9-19;1-14(2)18-7-8-20-19(13-18)9-10-23(6)22(20)21-12-15(3)11-16(4)17(21)5;1-13-11-14(2)15(3)18(12-13)19-17-8-6-5-7-16(17)9-10-20(19)4/h6-15H,1-5H3;5-15H,1-4H3;7-14H,1-6H3;5-12H,1-4H3/q4*+1/i1D3,3D3;1D3;;. The Kier molecular flexibility index (Phi) is 16.3. The fourth-order valence-electron chi connectivity index (χ4n) is 14.4. The Morgan fingerprint density at radius 1 is 0.363 bits per heavy atom. The van der Waals surface area contributed by atoms with Crippen molar-refractivity contribution >= 4 is 65.7 Å². The third-order valence-corrected chi connectivity index (χ3v) is 20.0. The first-order chi connectivity index (χ1) is 52.5. The molecule has 0 amide bonds. The van der Waals surface area contributed by atoms with E-state index in [4.69, 9.17) is 21.2 Å². The first-order valence-corrected chi connectivity index (χ1v) is 34.9. The van der Waals surface area contributed by atoms with Crippen LogP contribution in [0.4, 0.5) is 0 Å². The molecule has 16 aromatic rings. The van der Waals surface area contributed by atoms with Crippen LogP contribution >= 0.6 is 0 Å². The fraction of sp³-hybridized carbons (Fsp3) is 0.213. The van der Waals surface area contributed by atoms with E-state index in [1.807, 2.05) is 124 Å². The molecule has 0 atom stereocenters. The number of fused-ring (bicyclic) bond motifs is 8. The number of aryl methyl sites for hydroxylation is 15. The van der Waals surface area contributed by atoms with Gasteiger partial charge in [0.25, 0.3) is 0 Å². The van der Waals surface area contributed by atoms with E-state index in [0.717, 1.165) is 50.3 Å². The molecular formula is C94H94N6O2+4. The Bertz CT molecular complexity index is 6310. The lowest BCUT2D eigenvalue weighted by Crippen LogP contribution is -2.31. The number of benzene rings is 8. The summed E-state index contributed by atoms with van der Waals surface area (Å²) in [6.07, 6.45) is 7.97. The lowest BCUT2D eigenvalue weighted by Gasteiger charge is -2.12. The third-order valence-electron chi connectivity index (χ3n) is 20.0. The van der Waals surface area contributed by atoms with Gasteiger partial charge >= 0.3 is 0 Å². The molecule has 8 aromatic heterocycles. The normalized spacial score (nSPS) is 13.0. The Labute approximate surface area is 614 Å². The number of aromatic nitrogens is 6. The van der Waals surface area contributed by atoms with Gasteiger partial charge in [0.05, 0.1) is 33.0 Å². The quantitative estimate of drug-likeness (QED) is 0.149. The summed E-state index contributed by atoms with van der Waals surface area (Å²) >= 11 is 0. The van der Waals surface area contributed by atoms with Crippen LogP contribution < -0.4 is 18.3 Å². The second kappa shape index (κ2) is 28.4. The molecule has 0 fully saturated rings. The maximum atomic E-state index is 8.17. The fourth-order valence-corrected chi connectivity index (χ4v) is 14.4. The molecule has 0 saturated heterocycles. The zero-order valence-corrected chi connectivity index (χ0v) is 61.4. The molecule has 0 spiro atoms. The molecule has 0 saturated carbocycles. The molecule has 0 aliphatic heterocycles. The molecule has 0 aliphatic rings. The van der Waals surface area contributed by atoms with E-state index in [-0.39, 0.29) is 11.1 Å². The first-order valence-electron chi connectivity index (χ1n) is 39.4. The summed E-state index contributed by atoms with van der Waals surface area (Å²) in [5.41, 5.74) is 27.2. The SMILES string of the molecule is Cc1cc(C)c(C)c(-c2c3ccc(C(C)C)cc3cc[n+]2C)c1.Cc1cc(C)c(C)c(-c2c3ccccc3cc[n+]2C)c1.[2H]C([2H])([2H])c1c[n+](C)c(-c2c(C)cc(C([2H])([2H])[2H])c3c2oc2nc(C)ccc23)cc1-c1ccccc1.[2H]C([2H])([2H])c1cc(C)c(-c2cc(-c3ccccc3)cc[n+]2C)c2oc3nc(C)ccc3c12. The summed E-state index contributed by atoms with van der Waals surface area (Å²) in [4.78, 5) is 9.03. The molecule has 8 aromatic carbocycles. The minimum atomic E-state index is -2.36. The van der Waals surface area contributed by atoms with Gasteiger partial charge in [0, 0.05) is 81.2 Å². The van der Waals surface area contributed by atoms with Crippen molar-refractivity contribution in [2.75, 3.05) is 0 Å². The predicted molar refractivity (Wildman–Crippen MR) is 424 cm³/mol. The summed E-state index contributed by atoms with van der Waals surface area (Å²) < 4.78 is 94.1. The monoisotopic (exact) mass is 1350 g/mol. The number of rotatable bonds is 7. The van der Waals surface area contributed by atoms with Crippen LogP contribution in [0.5, 0.6) is 0 Å². The van der Waals surface area contributed by atoms with E-state index in [9.17, 15) is 0 Å². The van der Waals surface area contributed by atoms with Crippen molar-refractivity contribution in [2.24, 2.45) is 28.2 Å². The highest BCUT2D eigenvalue weighted by Gasteiger charge is 2.27. The van der Waals surface area contributed by atoms with Crippen LogP contribution in [-0.2, 0) is 28.2 Å². The minimum Gasteiger partial charge on any atom is -0.437 e. The van der Waals surface area contributed by atoms with Crippen LogP contribution in [0, 0.1) is 89.8 Å². The van der Waals surface area contributed by atoms with Crippen LogP contribution in [0.25, 0.3) is 133 Å². The molecule has 0 N–H and O–H groups in total. The van der Waals surface area contributed by atoms with E-state index in [1.165, 1.54) is 83.0 Å². The van der Waals surface area contributed by atoms with E-state index in [1.54, 1.807) is 29.9 Å². The van der Waals surface area contributed by atoms with Crippen LogP contribution in [0.1, 0.15) is 110 Å². The van der Waals surface area contributed by atoms with Gasteiger partial charge in [-0.25, -0.2) is 28.2 Å². The topological polar surface area (TPSA) is 67.6 Å². The lowest BCUT2D eigenvalue weighted by molar-refractivity contribution is -0.660. The summed E-state index contributed by atoms with van der Waals surface area (Å²) in [6.45, 7) is 18.3. The Hall–Kier alpha value is -11.2. The largest absolute Gasteiger partial charge is 0.437 e. The van der Waals surface area contributed by atoms with Crippen LogP contribution in [0.15, 0.2) is 228 Å². The van der Waals surface area contributed by atoms with E-state index >= 15 is 0 Å². The first kappa shape index (κ1) is 58.6. The molecular weight excluding hydrogens is 1250 g/mol. The summed E-state index contributed by atoms with van der Waals surface area (Å²) in [6, 6.07) is 65.5. The average molecular weight is 1350 g/mol. The van der Waals surface area contributed by atoms with Crippen LogP contribution in [0.3, 0.4) is 0 Å². The molecule has 0 unspecified atom stereocenters. The number of hydrogen-bond donors (Lipinski definition) is 0. The highest BCUT2D eigenvalue weighted by Crippen LogP contribution is 2.42.